The molecule has 2 atom stereocenters. The molecule has 0 aliphatic heterocycles. The van der Waals surface area contributed by atoms with Crippen LogP contribution in [0, 0.1) is 5.92 Å². The van der Waals surface area contributed by atoms with Crippen LogP contribution >= 0.6 is 0 Å². The van der Waals surface area contributed by atoms with Crippen molar-refractivity contribution >= 4 is 6.29 Å². The quantitative estimate of drug-likeness (QED) is 0.355. The summed E-state index contributed by atoms with van der Waals surface area (Å²) in [4.78, 5) is 20.8. The Kier molecular flexibility index (Phi) is 5.07. The summed E-state index contributed by atoms with van der Waals surface area (Å²) in [6.07, 6.45) is 3.15. The van der Waals surface area contributed by atoms with Gasteiger partial charge in [0.25, 0.3) is 0 Å². The van der Waals surface area contributed by atoms with Crippen molar-refractivity contribution in [1.29, 1.82) is 0 Å². The Morgan fingerprint density at radius 3 is 2.84 bits per heavy atom. The second-order valence-electron chi connectivity index (χ2n) is 5.24. The van der Waals surface area contributed by atoms with Crippen molar-refractivity contribution in [2.75, 3.05) is 6.61 Å². The van der Waals surface area contributed by atoms with Crippen LogP contribution in [-0.4, -0.2) is 23.6 Å². The highest BCUT2D eigenvalue weighted by Gasteiger charge is 2.36. The van der Waals surface area contributed by atoms with Crippen molar-refractivity contribution in [2.24, 2.45) is 5.92 Å². The van der Waals surface area contributed by atoms with E-state index in [1.807, 2.05) is 30.3 Å². The summed E-state index contributed by atoms with van der Waals surface area (Å²) in [6, 6.07) is 9.81. The molecule has 1 fully saturated rings. The van der Waals surface area contributed by atoms with Crippen molar-refractivity contribution in [3.8, 4) is 0 Å². The highest BCUT2D eigenvalue weighted by Crippen LogP contribution is 2.36. The highest BCUT2D eigenvalue weighted by molar-refractivity contribution is 5.51. The van der Waals surface area contributed by atoms with E-state index in [1.165, 1.54) is 0 Å². The Morgan fingerprint density at radius 2 is 2.11 bits per heavy atom. The van der Waals surface area contributed by atoms with Crippen molar-refractivity contribution in [3.63, 3.8) is 0 Å². The Bertz CT molecular complexity index is 392. The fraction of sp³-hybridized carbons (Fsp3) is 0.533. The fourth-order valence-electron chi connectivity index (χ4n) is 2.53. The summed E-state index contributed by atoms with van der Waals surface area (Å²) < 4.78 is 0. The zero-order valence-electron chi connectivity index (χ0n) is 11.0. The van der Waals surface area contributed by atoms with Gasteiger partial charge in [0, 0.05) is 6.42 Å². The molecule has 0 saturated heterocycles. The zero-order chi connectivity index (χ0) is 13.6. The van der Waals surface area contributed by atoms with Crippen LogP contribution in [0.1, 0.15) is 31.2 Å². The lowest BCUT2D eigenvalue weighted by molar-refractivity contribution is -0.310. The Hall–Kier alpha value is -1.23. The van der Waals surface area contributed by atoms with Crippen molar-refractivity contribution < 1.29 is 19.7 Å². The monoisotopic (exact) mass is 264 g/mol. The normalized spacial score (nSPS) is 26.5. The van der Waals surface area contributed by atoms with Gasteiger partial charge in [-0.25, -0.2) is 9.78 Å². The minimum Gasteiger partial charge on any atom is -0.389 e. The third-order valence-corrected chi connectivity index (χ3v) is 3.61. The molecule has 1 aromatic carbocycles. The van der Waals surface area contributed by atoms with Crippen LogP contribution in [0.15, 0.2) is 30.3 Å². The van der Waals surface area contributed by atoms with Gasteiger partial charge < -0.3 is 9.90 Å². The van der Waals surface area contributed by atoms with E-state index in [2.05, 4.69) is 0 Å². The van der Waals surface area contributed by atoms with Crippen LogP contribution < -0.4 is 0 Å². The van der Waals surface area contributed by atoms with Gasteiger partial charge in [0.05, 0.1) is 12.2 Å². The van der Waals surface area contributed by atoms with Crippen LogP contribution in [0.5, 0.6) is 0 Å². The Labute approximate surface area is 113 Å². The smallest absolute Gasteiger partial charge is 0.122 e. The lowest BCUT2D eigenvalue weighted by Crippen LogP contribution is -2.25. The standard InChI is InChI=1S/C15H20O4/c16-9-8-15(17)7-6-14(10-15)12-19-18-11-13-4-2-1-3-5-13/h1-5,9,14,17H,6-8,10-12H2/t14-,15?/m1/s1. The number of benzene rings is 1. The molecule has 4 heteroatoms. The highest BCUT2D eigenvalue weighted by atomic mass is 17.2. The van der Waals surface area contributed by atoms with Gasteiger partial charge in [0.15, 0.2) is 0 Å². The van der Waals surface area contributed by atoms with Gasteiger partial charge in [0.1, 0.15) is 12.9 Å². The summed E-state index contributed by atoms with van der Waals surface area (Å²) in [7, 11) is 0. The van der Waals surface area contributed by atoms with Crippen molar-refractivity contribution in [3.05, 3.63) is 35.9 Å². The van der Waals surface area contributed by atoms with E-state index in [9.17, 15) is 9.90 Å². The summed E-state index contributed by atoms with van der Waals surface area (Å²) >= 11 is 0. The van der Waals surface area contributed by atoms with Crippen molar-refractivity contribution in [2.45, 2.75) is 37.9 Å². The van der Waals surface area contributed by atoms with Gasteiger partial charge in [0.2, 0.25) is 0 Å². The zero-order valence-corrected chi connectivity index (χ0v) is 11.0. The minimum absolute atomic E-state index is 0.217. The number of rotatable bonds is 7. The molecule has 19 heavy (non-hydrogen) atoms. The topological polar surface area (TPSA) is 55.8 Å². The van der Waals surface area contributed by atoms with Crippen LogP contribution in [0.3, 0.4) is 0 Å². The maximum atomic E-state index is 10.5. The van der Waals surface area contributed by atoms with Crippen molar-refractivity contribution in [1.82, 2.24) is 0 Å². The van der Waals surface area contributed by atoms with E-state index in [4.69, 9.17) is 9.78 Å². The minimum atomic E-state index is -0.824. The van der Waals surface area contributed by atoms with E-state index in [0.717, 1.165) is 18.3 Å². The molecule has 0 amide bonds. The number of carbonyl (C=O) groups is 1. The molecule has 0 radical (unpaired) electrons. The SMILES string of the molecule is O=CCC1(O)CC[C@@H](COOCc2ccccc2)C1. The first-order valence-corrected chi connectivity index (χ1v) is 6.66. The van der Waals surface area contributed by atoms with E-state index >= 15 is 0 Å². The molecule has 1 unspecified atom stereocenters. The second kappa shape index (κ2) is 6.80. The molecule has 4 nitrogen and oxygen atoms in total. The third-order valence-electron chi connectivity index (χ3n) is 3.61. The van der Waals surface area contributed by atoms with Crippen LogP contribution in [0.25, 0.3) is 0 Å². The van der Waals surface area contributed by atoms with E-state index in [1.54, 1.807) is 0 Å². The van der Waals surface area contributed by atoms with E-state index in [-0.39, 0.29) is 12.3 Å². The number of hydrogen-bond acceptors (Lipinski definition) is 4. The Balaban J connectivity index is 1.63. The van der Waals surface area contributed by atoms with Gasteiger partial charge in [-0.3, -0.25) is 0 Å². The molecule has 104 valence electrons. The first kappa shape index (κ1) is 14.2. The molecule has 0 aromatic heterocycles. The molecular weight excluding hydrogens is 244 g/mol. The summed E-state index contributed by atoms with van der Waals surface area (Å²) in [5.41, 5.74) is 0.237. The molecule has 1 N–H and O–H groups in total. The average Bonchev–Trinajstić information content (AvgIpc) is 2.78. The molecule has 1 aliphatic carbocycles. The molecule has 1 aliphatic rings. The van der Waals surface area contributed by atoms with Gasteiger partial charge in [-0.2, -0.15) is 0 Å². The maximum absolute atomic E-state index is 10.5. The number of aliphatic hydroxyl groups is 1. The van der Waals surface area contributed by atoms with Gasteiger partial charge in [-0.05, 0) is 30.7 Å². The predicted octanol–water partition coefficient (Wildman–Crippen LogP) is 2.25. The second-order valence-corrected chi connectivity index (χ2v) is 5.24. The Morgan fingerprint density at radius 1 is 1.32 bits per heavy atom. The fourth-order valence-corrected chi connectivity index (χ4v) is 2.53. The van der Waals surface area contributed by atoms with Gasteiger partial charge >= 0.3 is 0 Å². The number of hydrogen-bond donors (Lipinski definition) is 1. The van der Waals surface area contributed by atoms with Gasteiger partial charge in [-0.1, -0.05) is 30.3 Å². The van der Waals surface area contributed by atoms with E-state index in [0.29, 0.717) is 26.1 Å². The largest absolute Gasteiger partial charge is 0.389 e. The molecule has 2 rings (SSSR count). The number of aldehydes is 1. The lowest BCUT2D eigenvalue weighted by Gasteiger charge is -2.19. The molecule has 0 heterocycles. The molecule has 0 spiro atoms. The molecule has 1 saturated carbocycles. The summed E-state index contributed by atoms with van der Waals surface area (Å²) in [5.74, 6) is 0.265. The average molecular weight is 264 g/mol. The first-order valence-electron chi connectivity index (χ1n) is 6.66. The first-order chi connectivity index (χ1) is 9.22. The number of carbonyl (C=O) groups excluding carboxylic acids is 1. The van der Waals surface area contributed by atoms with Gasteiger partial charge in [-0.15, -0.1) is 0 Å². The molecular formula is C15H20O4. The summed E-state index contributed by atoms with van der Waals surface area (Å²) in [5, 5.41) is 10.1. The van der Waals surface area contributed by atoms with Crippen LogP contribution in [0.4, 0.5) is 0 Å². The molecule has 0 bridgehead atoms. The van der Waals surface area contributed by atoms with Crippen LogP contribution in [-0.2, 0) is 21.2 Å². The molecule has 1 aromatic rings. The predicted molar refractivity (Wildman–Crippen MR) is 70.2 cm³/mol. The van der Waals surface area contributed by atoms with E-state index < -0.39 is 5.60 Å². The lowest BCUT2D eigenvalue weighted by atomic mass is 9.97. The third kappa shape index (κ3) is 4.42. The van der Waals surface area contributed by atoms with Crippen LogP contribution in [0.2, 0.25) is 0 Å². The summed E-state index contributed by atoms with van der Waals surface area (Å²) in [6.45, 7) is 0.889. The maximum Gasteiger partial charge on any atom is 0.122 e.